The third kappa shape index (κ3) is 5.47. The van der Waals surface area contributed by atoms with Crippen molar-refractivity contribution < 1.29 is 33.8 Å². The number of nitrogens with one attached hydrogen (secondary N) is 1. The predicted octanol–water partition coefficient (Wildman–Crippen LogP) is 8.43. The van der Waals surface area contributed by atoms with Crippen molar-refractivity contribution in [1.29, 1.82) is 0 Å². The molecule has 10 nitrogen and oxygen atoms in total. The fourth-order valence-electron chi connectivity index (χ4n) is 9.00. The highest BCUT2D eigenvalue weighted by Crippen LogP contribution is 2.65. The predicted molar refractivity (Wildman–Crippen MR) is 210 cm³/mol. The molecule has 0 unspecified atom stereocenters. The van der Waals surface area contributed by atoms with Gasteiger partial charge in [0.1, 0.15) is 5.75 Å². The lowest BCUT2D eigenvalue weighted by atomic mass is 9.49. The SMILES string of the molecule is COc1ccc([C@@]23C(=O)N(Nc4ccc(Cl)cc4Cl)C(=O)[C@@H]2C[C@@H]2C(=CC[C@@H]4C(=O)N(c5ccc(Br)cc5)C(=O)[C@@H]42)[C@@H]3c2cc(Br)cc(OC)c2O)cc1. The molecule has 54 heavy (non-hydrogen) atoms. The van der Waals surface area contributed by atoms with Crippen molar-refractivity contribution in [2.45, 2.75) is 24.2 Å². The molecule has 6 atom stereocenters. The van der Waals surface area contributed by atoms with Gasteiger partial charge in [-0.25, -0.2) is 0 Å². The molecule has 0 spiro atoms. The van der Waals surface area contributed by atoms with Crippen molar-refractivity contribution in [3.05, 3.63) is 121 Å². The summed E-state index contributed by atoms with van der Waals surface area (Å²) < 4.78 is 12.4. The Morgan fingerprint density at radius 3 is 2.22 bits per heavy atom. The number of nitrogens with zero attached hydrogens (tertiary/aromatic N) is 2. The molecule has 2 heterocycles. The Labute approximate surface area is 337 Å². The summed E-state index contributed by atoms with van der Waals surface area (Å²) in [5, 5.41) is 13.5. The number of allylic oxidation sites excluding steroid dienone is 2. The molecule has 276 valence electrons. The van der Waals surface area contributed by atoms with E-state index in [0.717, 1.165) is 9.48 Å². The number of ether oxygens (including phenoxy) is 2. The first kappa shape index (κ1) is 36.6. The molecule has 0 bridgehead atoms. The number of hydrogen-bond donors (Lipinski definition) is 2. The highest BCUT2D eigenvalue weighted by molar-refractivity contribution is 9.10. The number of carbonyl (C=O) groups is 4. The molecule has 8 rings (SSSR count). The van der Waals surface area contributed by atoms with Gasteiger partial charge in [0.15, 0.2) is 11.5 Å². The highest BCUT2D eigenvalue weighted by Gasteiger charge is 2.71. The number of benzene rings is 4. The third-order valence-electron chi connectivity index (χ3n) is 11.3. The lowest BCUT2D eigenvalue weighted by Crippen LogP contribution is -2.53. The summed E-state index contributed by atoms with van der Waals surface area (Å²) >= 11 is 19.7. The van der Waals surface area contributed by atoms with Crippen LogP contribution in [0.15, 0.2) is 99.5 Å². The van der Waals surface area contributed by atoms with Crippen LogP contribution in [0.4, 0.5) is 11.4 Å². The number of phenolic OH excluding ortho intramolecular Hbond substituents is 1. The number of rotatable bonds is 7. The number of methoxy groups -OCH3 is 2. The maximum absolute atomic E-state index is 15.5. The minimum Gasteiger partial charge on any atom is -0.504 e. The number of halogens is 4. The molecule has 4 amide bonds. The van der Waals surface area contributed by atoms with E-state index in [1.54, 1.807) is 72.8 Å². The summed E-state index contributed by atoms with van der Waals surface area (Å²) in [4.78, 5) is 60.3. The normalized spacial score (nSPS) is 26.0. The van der Waals surface area contributed by atoms with Gasteiger partial charge in [-0.15, -0.1) is 0 Å². The quantitative estimate of drug-likeness (QED) is 0.140. The molecule has 3 fully saturated rings. The number of amides is 4. The van der Waals surface area contributed by atoms with Crippen LogP contribution in [-0.2, 0) is 24.6 Å². The zero-order valence-corrected chi connectivity index (χ0v) is 33.4. The van der Waals surface area contributed by atoms with Crippen molar-refractivity contribution in [2.24, 2.45) is 23.7 Å². The van der Waals surface area contributed by atoms with E-state index >= 15 is 4.79 Å². The van der Waals surface area contributed by atoms with Gasteiger partial charge in [-0.3, -0.25) is 29.5 Å². The molecular formula is C40H31Br2Cl2N3O7. The fourth-order valence-corrected chi connectivity index (χ4v) is 10.2. The average molecular weight is 896 g/mol. The van der Waals surface area contributed by atoms with E-state index in [1.807, 2.05) is 6.08 Å². The zero-order chi connectivity index (χ0) is 38.2. The summed E-state index contributed by atoms with van der Waals surface area (Å²) in [5.41, 5.74) is 3.51. The molecule has 1 saturated carbocycles. The molecule has 4 aromatic rings. The Hall–Kier alpha value is -4.36. The van der Waals surface area contributed by atoms with Gasteiger partial charge in [0, 0.05) is 25.4 Å². The van der Waals surface area contributed by atoms with Gasteiger partial charge >= 0.3 is 0 Å². The van der Waals surface area contributed by atoms with Crippen LogP contribution < -0.4 is 19.8 Å². The number of hydrazine groups is 1. The fraction of sp³-hybridized carbons (Fsp3) is 0.250. The lowest BCUT2D eigenvalue weighted by Gasteiger charge is -2.50. The Morgan fingerprint density at radius 1 is 0.833 bits per heavy atom. The maximum Gasteiger partial charge on any atom is 0.260 e. The standard InChI is InChI=1S/C40H31Br2Cl2N3O7/c1-53-24-10-3-19(4-11-24)40-29(37(50)47(39(40)52)45-31-14-7-22(43)17-30(31)44)18-27-25(34(40)28-15-21(42)16-32(54-2)35(28)48)12-13-26-33(27)38(51)46(36(26)49)23-8-5-20(41)6-9-23/h3-12,14-17,26-27,29,33-34,45,48H,13,18H2,1-2H3/t26-,27+,29-,33-,34+,40+/m0/s1. The van der Waals surface area contributed by atoms with Gasteiger partial charge in [-0.05, 0) is 91.1 Å². The molecular weight excluding hydrogens is 865 g/mol. The Bertz CT molecular complexity index is 2290. The Kier molecular flexibility index (Phi) is 9.31. The van der Waals surface area contributed by atoms with Crippen molar-refractivity contribution in [1.82, 2.24) is 5.01 Å². The maximum atomic E-state index is 15.5. The van der Waals surface area contributed by atoms with Gasteiger partial charge in [0.2, 0.25) is 11.8 Å². The number of hydrogen-bond acceptors (Lipinski definition) is 8. The molecule has 0 aromatic heterocycles. The molecule has 2 aliphatic heterocycles. The molecule has 4 aliphatic rings. The van der Waals surface area contributed by atoms with Crippen LogP contribution >= 0.6 is 55.1 Å². The number of carbonyl (C=O) groups excluding carboxylic acids is 4. The van der Waals surface area contributed by atoms with Gasteiger partial charge in [-0.2, -0.15) is 5.01 Å². The van der Waals surface area contributed by atoms with Crippen LogP contribution in [0.5, 0.6) is 17.2 Å². The van der Waals surface area contributed by atoms with E-state index in [1.165, 1.54) is 25.2 Å². The van der Waals surface area contributed by atoms with E-state index in [2.05, 4.69) is 37.3 Å². The second kappa shape index (κ2) is 13.7. The van der Waals surface area contributed by atoms with Crippen molar-refractivity contribution >= 4 is 90.1 Å². The second-order valence-corrected chi connectivity index (χ2v) is 16.4. The Morgan fingerprint density at radius 2 is 1.56 bits per heavy atom. The smallest absolute Gasteiger partial charge is 0.260 e. The van der Waals surface area contributed by atoms with Crippen LogP contribution in [0.2, 0.25) is 10.0 Å². The number of anilines is 2. The van der Waals surface area contributed by atoms with E-state index < -0.39 is 46.8 Å². The zero-order valence-electron chi connectivity index (χ0n) is 28.7. The number of fused-ring (bicyclic) bond motifs is 4. The average Bonchev–Trinajstić information content (AvgIpc) is 3.54. The third-order valence-corrected chi connectivity index (χ3v) is 12.8. The summed E-state index contributed by atoms with van der Waals surface area (Å²) in [6, 6.07) is 21.9. The van der Waals surface area contributed by atoms with E-state index in [0.29, 0.717) is 37.6 Å². The van der Waals surface area contributed by atoms with Crippen LogP contribution in [0.1, 0.15) is 29.9 Å². The van der Waals surface area contributed by atoms with E-state index in [9.17, 15) is 19.5 Å². The molecule has 2 saturated heterocycles. The van der Waals surface area contributed by atoms with Crippen LogP contribution in [0.25, 0.3) is 0 Å². The second-order valence-electron chi connectivity index (χ2n) is 13.7. The first-order chi connectivity index (χ1) is 25.9. The van der Waals surface area contributed by atoms with Gasteiger partial charge in [-0.1, -0.05) is 78.8 Å². The molecule has 2 N–H and O–H groups in total. The van der Waals surface area contributed by atoms with E-state index in [4.69, 9.17) is 32.7 Å². The summed E-state index contributed by atoms with van der Waals surface area (Å²) in [7, 11) is 2.95. The summed E-state index contributed by atoms with van der Waals surface area (Å²) in [6.07, 6.45) is 2.20. The first-order valence-electron chi connectivity index (χ1n) is 17.0. The lowest BCUT2D eigenvalue weighted by molar-refractivity contribution is -0.138. The van der Waals surface area contributed by atoms with Crippen LogP contribution in [0, 0.1) is 23.7 Å². The summed E-state index contributed by atoms with van der Waals surface area (Å²) in [6.45, 7) is 0. The monoisotopic (exact) mass is 893 g/mol. The van der Waals surface area contributed by atoms with Crippen molar-refractivity contribution in [3.63, 3.8) is 0 Å². The van der Waals surface area contributed by atoms with Crippen molar-refractivity contribution in [2.75, 3.05) is 24.5 Å². The van der Waals surface area contributed by atoms with Gasteiger partial charge < -0.3 is 14.6 Å². The van der Waals surface area contributed by atoms with Crippen LogP contribution in [0.3, 0.4) is 0 Å². The Balaban J connectivity index is 1.36. The van der Waals surface area contributed by atoms with Crippen molar-refractivity contribution in [3.8, 4) is 17.2 Å². The van der Waals surface area contributed by atoms with Gasteiger partial charge in [0.05, 0.1) is 53.8 Å². The van der Waals surface area contributed by atoms with Gasteiger partial charge in [0.25, 0.3) is 11.8 Å². The van der Waals surface area contributed by atoms with Crippen LogP contribution in [-0.4, -0.2) is 48.0 Å². The molecule has 2 aliphatic carbocycles. The number of aromatic hydroxyl groups is 1. The molecule has 4 aromatic carbocycles. The molecule has 14 heteroatoms. The topological polar surface area (TPSA) is 125 Å². The first-order valence-corrected chi connectivity index (χ1v) is 19.4. The molecule has 0 radical (unpaired) electrons. The summed E-state index contributed by atoms with van der Waals surface area (Å²) in [5.74, 6) is -5.65. The minimum absolute atomic E-state index is 0.0612. The highest BCUT2D eigenvalue weighted by atomic mass is 79.9. The van der Waals surface area contributed by atoms with E-state index in [-0.39, 0.29) is 46.9 Å². The largest absolute Gasteiger partial charge is 0.504 e. The number of imide groups is 2. The number of phenols is 1. The minimum atomic E-state index is -1.66.